The Kier molecular flexibility index (Phi) is 6.32. The Morgan fingerprint density at radius 1 is 0.607 bits per heavy atom. The molecule has 0 radical (unpaired) electrons. The van der Waals surface area contributed by atoms with Crippen molar-refractivity contribution in [3.63, 3.8) is 0 Å². The lowest BCUT2D eigenvalue weighted by molar-refractivity contribution is -0.156. The van der Waals surface area contributed by atoms with Crippen LogP contribution in [0.15, 0.2) is 48.5 Å². The highest BCUT2D eigenvalue weighted by Crippen LogP contribution is 2.24. The normalized spacial score (nSPS) is 11.8. The number of esters is 2. The molecule has 28 heavy (non-hydrogen) atoms. The van der Waals surface area contributed by atoms with Gasteiger partial charge in [-0.25, -0.2) is 9.59 Å². The number of hydrogen-bond acceptors (Lipinski definition) is 4. The molecule has 0 spiro atoms. The van der Waals surface area contributed by atoms with E-state index in [9.17, 15) is 35.9 Å². The summed E-state index contributed by atoms with van der Waals surface area (Å²) in [5.41, 5.74) is -0.123. The molecule has 2 aromatic rings. The second kappa shape index (κ2) is 8.32. The minimum absolute atomic E-state index is 0.0613. The Balaban J connectivity index is 1.91. The van der Waals surface area contributed by atoms with Crippen LogP contribution in [0, 0.1) is 0 Å². The average molecular weight is 406 g/mol. The zero-order valence-electron chi connectivity index (χ0n) is 13.9. The molecule has 0 fully saturated rings. The van der Waals surface area contributed by atoms with Gasteiger partial charge in [-0.15, -0.1) is 0 Å². The quantitative estimate of drug-likeness (QED) is 0.327. The Morgan fingerprint density at radius 3 is 1.14 bits per heavy atom. The van der Waals surface area contributed by atoms with Gasteiger partial charge in [0.05, 0.1) is 12.8 Å². The van der Waals surface area contributed by atoms with E-state index in [1.165, 1.54) is 0 Å². The molecule has 0 bridgehead atoms. The van der Waals surface area contributed by atoms with Gasteiger partial charge in [0.2, 0.25) is 0 Å². The lowest BCUT2D eigenvalue weighted by Crippen LogP contribution is -2.25. The zero-order chi connectivity index (χ0) is 20.9. The summed E-state index contributed by atoms with van der Waals surface area (Å²) >= 11 is 0. The first-order valence-corrected chi connectivity index (χ1v) is 7.67. The van der Waals surface area contributed by atoms with E-state index in [1.54, 1.807) is 0 Å². The van der Waals surface area contributed by atoms with Crippen LogP contribution >= 0.6 is 0 Å². The van der Waals surface area contributed by atoms with E-state index < -0.39 is 37.1 Å². The molecule has 0 aromatic heterocycles. The van der Waals surface area contributed by atoms with Crippen LogP contribution in [0.1, 0.15) is 11.1 Å². The summed E-state index contributed by atoms with van der Waals surface area (Å²) < 4.78 is 83.0. The minimum Gasteiger partial charge on any atom is -0.418 e. The van der Waals surface area contributed by atoms with Crippen LogP contribution in [0.3, 0.4) is 0 Å². The molecule has 0 aliphatic carbocycles. The van der Waals surface area contributed by atoms with Gasteiger partial charge in [0.25, 0.3) is 0 Å². The molecule has 0 heterocycles. The van der Waals surface area contributed by atoms with Crippen molar-refractivity contribution in [2.75, 3.05) is 0 Å². The van der Waals surface area contributed by atoms with Gasteiger partial charge in [-0.1, -0.05) is 24.3 Å². The van der Waals surface area contributed by atoms with Gasteiger partial charge in [0.1, 0.15) is 11.5 Å². The number of alkyl halides is 6. The van der Waals surface area contributed by atoms with Crippen LogP contribution < -0.4 is 9.47 Å². The first-order chi connectivity index (χ1) is 12.9. The summed E-state index contributed by atoms with van der Waals surface area (Å²) in [7, 11) is 0. The van der Waals surface area contributed by atoms with Gasteiger partial charge in [0, 0.05) is 0 Å². The highest BCUT2D eigenvalue weighted by atomic mass is 19.4. The maximum Gasteiger partial charge on any atom is 0.423 e. The monoisotopic (exact) mass is 406 g/mol. The van der Waals surface area contributed by atoms with Crippen molar-refractivity contribution in [3.8, 4) is 11.5 Å². The number of hydrogen-bond donors (Lipinski definition) is 0. The molecule has 4 nitrogen and oxygen atoms in total. The van der Waals surface area contributed by atoms with Crippen LogP contribution in [0.5, 0.6) is 11.5 Å². The van der Waals surface area contributed by atoms with E-state index in [0.29, 0.717) is 0 Å². The zero-order valence-corrected chi connectivity index (χ0v) is 13.9. The summed E-state index contributed by atoms with van der Waals surface area (Å²) in [5, 5.41) is 0. The van der Waals surface area contributed by atoms with Gasteiger partial charge in [-0.05, 0) is 35.4 Å². The number of rotatable bonds is 4. The lowest BCUT2D eigenvalue weighted by Gasteiger charge is -2.09. The first-order valence-electron chi connectivity index (χ1n) is 7.67. The number of carbonyl (C=O) groups is 2. The predicted octanol–water partition coefficient (Wildman–Crippen LogP) is 4.41. The first kappa shape index (κ1) is 21.3. The molecule has 2 aromatic carbocycles. The smallest absolute Gasteiger partial charge is 0.418 e. The standard InChI is InChI=1S/C18H12F6O4/c19-17(20,21)9-11-1-5-13(6-2-11)27-15(25)16(26)28-14-7-3-12(4-8-14)10-18(22,23)24/h1-8H,9-10H2. The molecule has 0 amide bonds. The molecular weight excluding hydrogens is 394 g/mol. The maximum atomic E-state index is 12.3. The van der Waals surface area contributed by atoms with Crippen LogP contribution in [0.25, 0.3) is 0 Å². The van der Waals surface area contributed by atoms with E-state index in [-0.39, 0.29) is 22.6 Å². The molecule has 10 heteroatoms. The lowest BCUT2D eigenvalue weighted by atomic mass is 10.1. The third-order valence-corrected chi connectivity index (χ3v) is 3.24. The second-order valence-electron chi connectivity index (χ2n) is 5.65. The fourth-order valence-corrected chi connectivity index (χ4v) is 2.11. The van der Waals surface area contributed by atoms with E-state index in [0.717, 1.165) is 48.5 Å². The van der Waals surface area contributed by atoms with Crippen molar-refractivity contribution >= 4 is 11.9 Å². The fourth-order valence-electron chi connectivity index (χ4n) is 2.11. The largest absolute Gasteiger partial charge is 0.423 e. The maximum absolute atomic E-state index is 12.3. The molecule has 150 valence electrons. The van der Waals surface area contributed by atoms with E-state index in [4.69, 9.17) is 0 Å². The second-order valence-corrected chi connectivity index (χ2v) is 5.65. The fraction of sp³-hybridized carbons (Fsp3) is 0.222. The molecular formula is C18H12F6O4. The van der Waals surface area contributed by atoms with Crippen LogP contribution in [-0.4, -0.2) is 24.3 Å². The molecule has 0 saturated heterocycles. The number of ether oxygens (including phenoxy) is 2. The molecule has 0 aliphatic rings. The van der Waals surface area contributed by atoms with Crippen molar-refractivity contribution < 1.29 is 45.4 Å². The summed E-state index contributed by atoms with van der Waals surface area (Å²) in [4.78, 5) is 23.3. The van der Waals surface area contributed by atoms with E-state index in [1.807, 2.05) is 0 Å². The van der Waals surface area contributed by atoms with Crippen LogP contribution in [-0.2, 0) is 22.4 Å². The van der Waals surface area contributed by atoms with Crippen molar-refractivity contribution in [3.05, 3.63) is 59.7 Å². The van der Waals surface area contributed by atoms with Crippen molar-refractivity contribution in [2.24, 2.45) is 0 Å². The highest BCUT2D eigenvalue weighted by Gasteiger charge is 2.28. The summed E-state index contributed by atoms with van der Waals surface area (Å²) in [6.45, 7) is 0. The summed E-state index contributed by atoms with van der Waals surface area (Å²) in [6.07, 6.45) is -11.1. The topological polar surface area (TPSA) is 52.6 Å². The highest BCUT2D eigenvalue weighted by molar-refractivity contribution is 6.31. The molecule has 2 rings (SSSR count). The summed E-state index contributed by atoms with van der Waals surface area (Å²) in [6, 6.07) is 8.66. The Hall–Kier alpha value is -3.04. The van der Waals surface area contributed by atoms with E-state index in [2.05, 4.69) is 9.47 Å². The van der Waals surface area contributed by atoms with Gasteiger partial charge in [0.15, 0.2) is 0 Å². The molecule has 0 unspecified atom stereocenters. The van der Waals surface area contributed by atoms with Gasteiger partial charge in [-0.2, -0.15) is 26.3 Å². The van der Waals surface area contributed by atoms with Crippen molar-refractivity contribution in [1.29, 1.82) is 0 Å². The van der Waals surface area contributed by atoms with Crippen LogP contribution in [0.4, 0.5) is 26.3 Å². The van der Waals surface area contributed by atoms with Gasteiger partial charge in [-0.3, -0.25) is 0 Å². The molecule has 0 N–H and O–H groups in total. The van der Waals surface area contributed by atoms with Gasteiger partial charge < -0.3 is 9.47 Å². The van der Waals surface area contributed by atoms with Crippen molar-refractivity contribution in [1.82, 2.24) is 0 Å². The minimum atomic E-state index is -4.39. The van der Waals surface area contributed by atoms with Crippen molar-refractivity contribution in [2.45, 2.75) is 25.2 Å². The number of carbonyl (C=O) groups excluding carboxylic acids is 2. The average Bonchev–Trinajstić information content (AvgIpc) is 2.55. The van der Waals surface area contributed by atoms with E-state index >= 15 is 0 Å². The number of halogens is 6. The van der Waals surface area contributed by atoms with Crippen LogP contribution in [0.2, 0.25) is 0 Å². The SMILES string of the molecule is O=C(Oc1ccc(CC(F)(F)F)cc1)C(=O)Oc1ccc(CC(F)(F)F)cc1. The summed E-state index contributed by atoms with van der Waals surface area (Å²) in [5.74, 6) is -3.23. The molecule has 0 aliphatic heterocycles. The number of benzene rings is 2. The Morgan fingerprint density at radius 2 is 0.893 bits per heavy atom. The van der Waals surface area contributed by atoms with Gasteiger partial charge >= 0.3 is 24.3 Å². The Labute approximate surface area is 154 Å². The molecule has 0 atom stereocenters. The third-order valence-electron chi connectivity index (χ3n) is 3.24. The Bertz CT molecular complexity index is 752. The predicted molar refractivity (Wildman–Crippen MR) is 83.7 cm³/mol. The molecule has 0 saturated carbocycles. The third kappa shape index (κ3) is 7.29.